The summed E-state index contributed by atoms with van der Waals surface area (Å²) in [6, 6.07) is 7.00. The predicted octanol–water partition coefficient (Wildman–Crippen LogP) is 3.78. The average Bonchev–Trinajstić information content (AvgIpc) is 2.45. The number of ether oxygens (including phenoxy) is 1. The largest absolute Gasteiger partial charge is 0.489 e. The monoisotopic (exact) mass is 288 g/mol. The summed E-state index contributed by atoms with van der Waals surface area (Å²) in [5.41, 5.74) is 2.71. The highest BCUT2D eigenvalue weighted by molar-refractivity contribution is 5.31. The van der Waals surface area contributed by atoms with E-state index in [9.17, 15) is 4.39 Å². The van der Waals surface area contributed by atoms with Crippen molar-refractivity contribution in [1.82, 2.24) is 10.3 Å². The number of halogens is 1. The molecule has 0 radical (unpaired) electrons. The molecular formula is C17H21FN2O. The lowest BCUT2D eigenvalue weighted by atomic mass is 10.1. The first-order valence-corrected chi connectivity index (χ1v) is 7.16. The first-order valence-electron chi connectivity index (χ1n) is 7.16. The number of nitrogens with zero attached hydrogens (tertiary/aromatic N) is 1. The summed E-state index contributed by atoms with van der Waals surface area (Å²) >= 11 is 0. The average molecular weight is 288 g/mol. The maximum Gasteiger partial charge on any atom is 0.131 e. The summed E-state index contributed by atoms with van der Waals surface area (Å²) < 4.78 is 19.7. The molecule has 0 saturated heterocycles. The minimum atomic E-state index is -0.247. The number of rotatable bonds is 6. The molecule has 1 heterocycles. The van der Waals surface area contributed by atoms with Gasteiger partial charge in [-0.2, -0.15) is 0 Å². The fourth-order valence-corrected chi connectivity index (χ4v) is 2.23. The Morgan fingerprint density at radius 1 is 1.29 bits per heavy atom. The maximum absolute atomic E-state index is 14.1. The van der Waals surface area contributed by atoms with Crippen molar-refractivity contribution in [3.8, 4) is 5.75 Å². The van der Waals surface area contributed by atoms with Crippen LogP contribution in [0.1, 0.15) is 36.6 Å². The number of hydrogen-bond acceptors (Lipinski definition) is 3. The number of nitrogens with one attached hydrogen (secondary N) is 1. The van der Waals surface area contributed by atoms with Gasteiger partial charge in [0.1, 0.15) is 18.2 Å². The van der Waals surface area contributed by atoms with Crippen LogP contribution in [0.5, 0.6) is 5.75 Å². The molecule has 0 fully saturated rings. The molecule has 0 aliphatic heterocycles. The molecule has 2 aromatic rings. The zero-order valence-electron chi connectivity index (χ0n) is 12.7. The lowest BCUT2D eigenvalue weighted by Crippen LogP contribution is -2.18. The van der Waals surface area contributed by atoms with E-state index in [1.165, 1.54) is 6.07 Å². The van der Waals surface area contributed by atoms with Gasteiger partial charge in [0.2, 0.25) is 0 Å². The van der Waals surface area contributed by atoms with E-state index in [0.29, 0.717) is 17.9 Å². The van der Waals surface area contributed by atoms with Crippen LogP contribution in [0.4, 0.5) is 4.39 Å². The normalized spacial score (nSPS) is 12.2. The van der Waals surface area contributed by atoms with Crippen LogP contribution in [0, 0.1) is 12.7 Å². The zero-order valence-corrected chi connectivity index (χ0v) is 12.7. The van der Waals surface area contributed by atoms with E-state index >= 15 is 0 Å². The van der Waals surface area contributed by atoms with Crippen molar-refractivity contribution in [2.75, 3.05) is 6.54 Å². The van der Waals surface area contributed by atoms with Gasteiger partial charge in [0.05, 0.1) is 0 Å². The molecule has 112 valence electrons. The van der Waals surface area contributed by atoms with Crippen LogP contribution in [-0.4, -0.2) is 11.5 Å². The highest BCUT2D eigenvalue weighted by Crippen LogP contribution is 2.22. The molecule has 1 atom stereocenters. The van der Waals surface area contributed by atoms with Crippen molar-refractivity contribution in [2.24, 2.45) is 0 Å². The number of aryl methyl sites for hydroxylation is 1. The Balaban J connectivity index is 2.03. The van der Waals surface area contributed by atoms with E-state index in [1.54, 1.807) is 24.5 Å². The Hall–Kier alpha value is -1.94. The first-order chi connectivity index (χ1) is 10.1. The van der Waals surface area contributed by atoms with Gasteiger partial charge in [-0.05, 0) is 38.1 Å². The van der Waals surface area contributed by atoms with Crippen LogP contribution in [0.25, 0.3) is 0 Å². The Morgan fingerprint density at radius 2 is 2.10 bits per heavy atom. The van der Waals surface area contributed by atoms with Crippen molar-refractivity contribution < 1.29 is 9.13 Å². The van der Waals surface area contributed by atoms with Gasteiger partial charge in [0, 0.05) is 35.6 Å². The van der Waals surface area contributed by atoms with Gasteiger partial charge < -0.3 is 10.1 Å². The topological polar surface area (TPSA) is 34.1 Å². The summed E-state index contributed by atoms with van der Waals surface area (Å²) in [5, 5.41) is 3.20. The minimum absolute atomic E-state index is 0.00924. The Labute approximate surface area is 125 Å². The number of aromatic nitrogens is 1. The Bertz CT molecular complexity index is 601. The highest BCUT2D eigenvalue weighted by Gasteiger charge is 2.10. The Morgan fingerprint density at radius 3 is 2.76 bits per heavy atom. The van der Waals surface area contributed by atoms with Crippen LogP contribution < -0.4 is 10.1 Å². The summed E-state index contributed by atoms with van der Waals surface area (Å²) in [4.78, 5) is 4.11. The van der Waals surface area contributed by atoms with Gasteiger partial charge in [-0.15, -0.1) is 0 Å². The van der Waals surface area contributed by atoms with Gasteiger partial charge in [-0.1, -0.05) is 13.0 Å². The second-order valence-corrected chi connectivity index (χ2v) is 5.12. The molecule has 0 amide bonds. The maximum atomic E-state index is 14.1. The van der Waals surface area contributed by atoms with Crippen LogP contribution in [0.2, 0.25) is 0 Å². The molecule has 0 aliphatic carbocycles. The van der Waals surface area contributed by atoms with Crippen molar-refractivity contribution in [2.45, 2.75) is 33.4 Å². The lowest BCUT2D eigenvalue weighted by molar-refractivity contribution is 0.303. The summed E-state index contributed by atoms with van der Waals surface area (Å²) in [7, 11) is 0. The molecule has 1 aromatic carbocycles. The molecule has 3 nitrogen and oxygen atoms in total. The smallest absolute Gasteiger partial charge is 0.131 e. The van der Waals surface area contributed by atoms with Gasteiger partial charge in [0.25, 0.3) is 0 Å². The van der Waals surface area contributed by atoms with E-state index in [4.69, 9.17) is 4.74 Å². The second kappa shape index (κ2) is 7.18. The van der Waals surface area contributed by atoms with Crippen molar-refractivity contribution >= 4 is 0 Å². The van der Waals surface area contributed by atoms with E-state index in [2.05, 4.69) is 10.3 Å². The third-order valence-corrected chi connectivity index (χ3v) is 3.29. The zero-order chi connectivity index (χ0) is 15.2. The molecule has 0 bridgehead atoms. The fraction of sp³-hybridized carbons (Fsp3) is 0.353. The third-order valence-electron chi connectivity index (χ3n) is 3.29. The van der Waals surface area contributed by atoms with Gasteiger partial charge in [-0.25, -0.2) is 4.39 Å². The van der Waals surface area contributed by atoms with E-state index in [1.807, 2.05) is 26.8 Å². The second-order valence-electron chi connectivity index (χ2n) is 5.12. The van der Waals surface area contributed by atoms with E-state index in [0.717, 1.165) is 17.7 Å². The van der Waals surface area contributed by atoms with E-state index in [-0.39, 0.29) is 11.9 Å². The minimum Gasteiger partial charge on any atom is -0.489 e. The summed E-state index contributed by atoms with van der Waals surface area (Å²) in [6.07, 6.45) is 3.55. The first kappa shape index (κ1) is 15.4. The molecule has 0 spiro atoms. The number of hydrogen-bond donors (Lipinski definition) is 1. The standard InChI is InChI=1S/C17H21FN2O/c1-4-20-13(3)16-6-5-15(8-17(16)18)21-11-14-7-12(2)9-19-10-14/h5-10,13,20H,4,11H2,1-3H3. The van der Waals surface area contributed by atoms with Crippen LogP contribution >= 0.6 is 0 Å². The third kappa shape index (κ3) is 4.26. The SMILES string of the molecule is CCNC(C)c1ccc(OCc2cncc(C)c2)cc1F. The predicted molar refractivity (Wildman–Crippen MR) is 81.8 cm³/mol. The van der Waals surface area contributed by atoms with Crippen molar-refractivity contribution in [1.29, 1.82) is 0 Å². The summed E-state index contributed by atoms with van der Waals surface area (Å²) in [5.74, 6) is 0.282. The molecule has 1 aromatic heterocycles. The van der Waals surface area contributed by atoms with Gasteiger partial charge >= 0.3 is 0 Å². The lowest BCUT2D eigenvalue weighted by Gasteiger charge is -2.14. The molecule has 1 unspecified atom stereocenters. The van der Waals surface area contributed by atoms with E-state index < -0.39 is 0 Å². The number of benzene rings is 1. The van der Waals surface area contributed by atoms with Crippen LogP contribution in [-0.2, 0) is 6.61 Å². The van der Waals surface area contributed by atoms with Gasteiger partial charge in [0.15, 0.2) is 0 Å². The molecule has 0 aliphatic rings. The molecular weight excluding hydrogens is 267 g/mol. The quantitative estimate of drug-likeness (QED) is 0.878. The molecule has 0 saturated carbocycles. The molecule has 1 N–H and O–H groups in total. The van der Waals surface area contributed by atoms with Crippen molar-refractivity contribution in [3.05, 3.63) is 59.2 Å². The van der Waals surface area contributed by atoms with Crippen LogP contribution in [0.3, 0.4) is 0 Å². The Kier molecular flexibility index (Phi) is 5.28. The molecule has 21 heavy (non-hydrogen) atoms. The van der Waals surface area contributed by atoms with Gasteiger partial charge in [-0.3, -0.25) is 4.98 Å². The van der Waals surface area contributed by atoms with Crippen LogP contribution in [0.15, 0.2) is 36.7 Å². The summed E-state index contributed by atoms with van der Waals surface area (Å²) in [6.45, 7) is 7.12. The highest BCUT2D eigenvalue weighted by atomic mass is 19.1. The van der Waals surface area contributed by atoms with Crippen molar-refractivity contribution in [3.63, 3.8) is 0 Å². The molecule has 2 rings (SSSR count). The fourth-order valence-electron chi connectivity index (χ4n) is 2.23. The molecule has 4 heteroatoms. The number of pyridine rings is 1.